The number of ether oxygens (including phenoxy) is 1. The smallest absolute Gasteiger partial charge is 0.282 e. The van der Waals surface area contributed by atoms with Crippen LogP contribution < -0.4 is 5.73 Å². The molecule has 1 aromatic carbocycles. The molecule has 112 valence electrons. The second kappa shape index (κ2) is 4.83. The first-order valence-corrected chi connectivity index (χ1v) is 7.71. The summed E-state index contributed by atoms with van der Waals surface area (Å²) in [6.07, 6.45) is 6.63. The van der Waals surface area contributed by atoms with Crippen LogP contribution in [0.3, 0.4) is 0 Å². The Kier molecular flexibility index (Phi) is 2.93. The summed E-state index contributed by atoms with van der Waals surface area (Å²) < 4.78 is 5.60. The molecule has 4 rings (SSSR count). The number of aliphatic imine (C=N–C) groups is 1. The monoisotopic (exact) mass is 293 g/mol. The van der Waals surface area contributed by atoms with E-state index in [-0.39, 0.29) is 11.6 Å². The number of fused-ring (bicyclic) bond motifs is 1. The summed E-state index contributed by atoms with van der Waals surface area (Å²) in [6.45, 7) is 2.07. The molecule has 2 heterocycles. The molecule has 0 saturated heterocycles. The van der Waals surface area contributed by atoms with Gasteiger partial charge in [-0.1, -0.05) is 24.3 Å². The third-order valence-electron chi connectivity index (χ3n) is 4.94. The number of hydrogen-bond donors (Lipinski definition) is 1. The van der Waals surface area contributed by atoms with Crippen LogP contribution in [0.1, 0.15) is 24.5 Å². The minimum absolute atomic E-state index is 0.0442. The van der Waals surface area contributed by atoms with Gasteiger partial charge in [-0.25, -0.2) is 4.99 Å². The van der Waals surface area contributed by atoms with Crippen LogP contribution in [0.4, 0.5) is 0 Å². The molecule has 1 aliphatic carbocycles. The normalized spacial score (nSPS) is 26.4. The molecule has 2 N–H and O–H groups in total. The lowest BCUT2D eigenvalue weighted by Gasteiger charge is -2.35. The van der Waals surface area contributed by atoms with E-state index in [0.29, 0.717) is 6.02 Å². The lowest BCUT2D eigenvalue weighted by atomic mass is 9.74. The fourth-order valence-electron chi connectivity index (χ4n) is 3.72. The number of nitrogens with two attached hydrogens (primary N) is 1. The average Bonchev–Trinajstić information content (AvgIpc) is 2.80. The number of aromatic nitrogens is 1. The standard InChI is InChI=1S/C18H19N3O/c1-12-18(21-17(19)22-12)8-7-16-13(10-18)4-2-6-15(16)14-5-3-9-20-11-14/h2-6,9,11-12H,7-8,10H2,1H3,(H2,19,21)/t12-,18+/m1/s1. The molecule has 0 fully saturated rings. The molecule has 22 heavy (non-hydrogen) atoms. The van der Waals surface area contributed by atoms with Gasteiger partial charge in [0, 0.05) is 24.4 Å². The van der Waals surface area contributed by atoms with E-state index in [9.17, 15) is 0 Å². The maximum atomic E-state index is 5.79. The van der Waals surface area contributed by atoms with Gasteiger partial charge in [0.15, 0.2) is 0 Å². The fourth-order valence-corrected chi connectivity index (χ4v) is 3.72. The topological polar surface area (TPSA) is 60.5 Å². The molecule has 4 nitrogen and oxygen atoms in total. The Hall–Kier alpha value is -2.36. The molecule has 0 bridgehead atoms. The summed E-state index contributed by atoms with van der Waals surface area (Å²) in [5.41, 5.74) is 10.8. The highest BCUT2D eigenvalue weighted by Crippen LogP contribution is 2.41. The second-order valence-electron chi connectivity index (χ2n) is 6.18. The molecule has 0 amide bonds. The van der Waals surface area contributed by atoms with Crippen molar-refractivity contribution in [2.45, 2.75) is 37.8 Å². The molecular weight excluding hydrogens is 274 g/mol. The first kappa shape index (κ1) is 13.3. The Balaban J connectivity index is 1.76. The van der Waals surface area contributed by atoms with E-state index in [1.165, 1.54) is 22.3 Å². The van der Waals surface area contributed by atoms with Gasteiger partial charge in [-0.3, -0.25) is 4.98 Å². The zero-order valence-corrected chi connectivity index (χ0v) is 12.6. The molecule has 2 aliphatic rings. The molecule has 4 heteroatoms. The van der Waals surface area contributed by atoms with Crippen molar-refractivity contribution in [3.05, 3.63) is 53.9 Å². The zero-order chi connectivity index (χ0) is 15.2. The van der Waals surface area contributed by atoms with Crippen molar-refractivity contribution in [2.24, 2.45) is 10.7 Å². The maximum absolute atomic E-state index is 5.79. The molecule has 1 aliphatic heterocycles. The van der Waals surface area contributed by atoms with Crippen LogP contribution in [0.2, 0.25) is 0 Å². The highest BCUT2D eigenvalue weighted by Gasteiger charge is 2.45. The van der Waals surface area contributed by atoms with Crippen LogP contribution in [0.15, 0.2) is 47.7 Å². The molecule has 2 atom stereocenters. The van der Waals surface area contributed by atoms with E-state index in [0.717, 1.165) is 19.3 Å². The molecule has 1 spiro atoms. The summed E-state index contributed by atoms with van der Waals surface area (Å²) in [6, 6.07) is 10.9. The van der Waals surface area contributed by atoms with Crippen molar-refractivity contribution in [1.29, 1.82) is 0 Å². The van der Waals surface area contributed by atoms with E-state index in [4.69, 9.17) is 10.5 Å². The van der Waals surface area contributed by atoms with Gasteiger partial charge < -0.3 is 10.5 Å². The average molecular weight is 293 g/mol. The molecule has 0 radical (unpaired) electrons. The minimum Gasteiger partial charge on any atom is -0.460 e. The van der Waals surface area contributed by atoms with Crippen molar-refractivity contribution in [2.75, 3.05) is 0 Å². The summed E-state index contributed by atoms with van der Waals surface area (Å²) in [7, 11) is 0. The molecular formula is C18H19N3O. The molecule has 0 saturated carbocycles. The SMILES string of the molecule is C[C@H]1OC(N)=N[C@]12CCc1c(cccc1-c1cccnc1)C2. The predicted octanol–water partition coefficient (Wildman–Crippen LogP) is 2.71. The van der Waals surface area contributed by atoms with E-state index in [2.05, 4.69) is 41.2 Å². The van der Waals surface area contributed by atoms with Gasteiger partial charge in [0.05, 0.1) is 0 Å². The third-order valence-corrected chi connectivity index (χ3v) is 4.94. The molecule has 1 aromatic heterocycles. The van der Waals surface area contributed by atoms with E-state index in [1.807, 2.05) is 18.5 Å². The molecule has 0 unspecified atom stereocenters. The van der Waals surface area contributed by atoms with E-state index in [1.54, 1.807) is 0 Å². The Morgan fingerprint density at radius 1 is 1.27 bits per heavy atom. The number of rotatable bonds is 1. The summed E-state index contributed by atoms with van der Waals surface area (Å²) in [4.78, 5) is 8.87. The van der Waals surface area contributed by atoms with Gasteiger partial charge in [0.1, 0.15) is 11.6 Å². The Morgan fingerprint density at radius 2 is 2.18 bits per heavy atom. The highest BCUT2D eigenvalue weighted by molar-refractivity contribution is 5.75. The first-order valence-electron chi connectivity index (χ1n) is 7.71. The van der Waals surface area contributed by atoms with E-state index < -0.39 is 0 Å². The predicted molar refractivity (Wildman–Crippen MR) is 86.6 cm³/mol. The van der Waals surface area contributed by atoms with Crippen molar-refractivity contribution < 1.29 is 4.74 Å². The Labute approximate surface area is 130 Å². The van der Waals surface area contributed by atoms with Crippen molar-refractivity contribution in [3.8, 4) is 11.1 Å². The van der Waals surface area contributed by atoms with E-state index >= 15 is 0 Å². The number of nitrogens with zero attached hydrogens (tertiary/aromatic N) is 2. The quantitative estimate of drug-likeness (QED) is 0.879. The van der Waals surface area contributed by atoms with Gasteiger partial charge in [0.2, 0.25) is 0 Å². The lowest BCUT2D eigenvalue weighted by molar-refractivity contribution is 0.140. The van der Waals surface area contributed by atoms with Crippen molar-refractivity contribution in [1.82, 2.24) is 4.98 Å². The number of amidine groups is 1. The summed E-state index contributed by atoms with van der Waals surface area (Å²) in [5, 5.41) is 0. The van der Waals surface area contributed by atoms with Gasteiger partial charge in [-0.15, -0.1) is 0 Å². The van der Waals surface area contributed by atoms with Crippen LogP contribution in [-0.2, 0) is 17.6 Å². The molecule has 2 aromatic rings. The number of benzene rings is 1. The summed E-state index contributed by atoms with van der Waals surface area (Å²) in [5.74, 6) is 0. The van der Waals surface area contributed by atoms with Gasteiger partial charge >= 0.3 is 0 Å². The third kappa shape index (κ3) is 1.98. The van der Waals surface area contributed by atoms with Crippen LogP contribution >= 0.6 is 0 Å². The zero-order valence-electron chi connectivity index (χ0n) is 12.6. The second-order valence-corrected chi connectivity index (χ2v) is 6.18. The van der Waals surface area contributed by atoms with Crippen LogP contribution in [0.25, 0.3) is 11.1 Å². The van der Waals surface area contributed by atoms with Crippen molar-refractivity contribution in [3.63, 3.8) is 0 Å². The van der Waals surface area contributed by atoms with Gasteiger partial charge in [-0.2, -0.15) is 0 Å². The first-order chi connectivity index (χ1) is 10.7. The van der Waals surface area contributed by atoms with Crippen LogP contribution in [-0.4, -0.2) is 22.6 Å². The van der Waals surface area contributed by atoms with Crippen molar-refractivity contribution >= 4 is 6.02 Å². The van der Waals surface area contributed by atoms with Gasteiger partial charge in [-0.05, 0) is 42.5 Å². The lowest BCUT2D eigenvalue weighted by Crippen LogP contribution is -2.41. The minimum atomic E-state index is -0.190. The Morgan fingerprint density at radius 3 is 2.91 bits per heavy atom. The maximum Gasteiger partial charge on any atom is 0.282 e. The number of pyridine rings is 1. The fraction of sp³-hybridized carbons (Fsp3) is 0.333. The largest absolute Gasteiger partial charge is 0.460 e. The highest BCUT2D eigenvalue weighted by atomic mass is 16.5. The summed E-state index contributed by atoms with van der Waals surface area (Å²) >= 11 is 0. The van der Waals surface area contributed by atoms with Gasteiger partial charge in [0.25, 0.3) is 6.02 Å². The van der Waals surface area contributed by atoms with Crippen LogP contribution in [0, 0.1) is 0 Å². The Bertz CT molecular complexity index is 741. The van der Waals surface area contributed by atoms with Crippen LogP contribution in [0.5, 0.6) is 0 Å². The number of hydrogen-bond acceptors (Lipinski definition) is 4.